The quantitative estimate of drug-likeness (QED) is 0.210. The van der Waals surface area contributed by atoms with Crippen molar-refractivity contribution in [3.8, 4) is 5.75 Å². The first-order chi connectivity index (χ1) is 12.5. The van der Waals surface area contributed by atoms with Crippen LogP contribution in [0.4, 0.5) is 26.3 Å². The van der Waals surface area contributed by atoms with E-state index >= 15 is 0 Å². The van der Waals surface area contributed by atoms with E-state index in [0.717, 1.165) is 18.6 Å². The van der Waals surface area contributed by atoms with Crippen molar-refractivity contribution in [1.29, 1.82) is 0 Å². The molecule has 1 rings (SSSR count). The van der Waals surface area contributed by atoms with Crippen molar-refractivity contribution in [2.75, 3.05) is 6.61 Å². The van der Waals surface area contributed by atoms with Crippen LogP contribution in [0, 0.1) is 0 Å². The highest BCUT2D eigenvalue weighted by atomic mass is 19.4. The predicted octanol–water partition coefficient (Wildman–Crippen LogP) is 7.45. The van der Waals surface area contributed by atoms with E-state index in [2.05, 4.69) is 20.1 Å². The largest absolute Gasteiger partial charge is 0.493 e. The molecule has 0 radical (unpaired) electrons. The minimum absolute atomic E-state index is 0.188. The fourth-order valence-corrected chi connectivity index (χ4v) is 1.67. The summed E-state index contributed by atoms with van der Waals surface area (Å²) in [6.45, 7) is 10.0. The van der Waals surface area contributed by atoms with Gasteiger partial charge in [-0.05, 0) is 31.0 Å². The smallest absolute Gasteiger partial charge is 0.416 e. The maximum atomic E-state index is 12.6. The molecule has 0 aromatic heterocycles. The summed E-state index contributed by atoms with van der Waals surface area (Å²) >= 11 is 0. The molecule has 7 heteroatoms. The molecule has 0 unspecified atom stereocenters. The van der Waals surface area contributed by atoms with Gasteiger partial charge in [-0.2, -0.15) is 26.3 Å². The van der Waals surface area contributed by atoms with Gasteiger partial charge in [-0.1, -0.05) is 37.3 Å². The average molecular weight is 396 g/mol. The number of benzene rings is 1. The van der Waals surface area contributed by atoms with Gasteiger partial charge >= 0.3 is 12.4 Å². The molecule has 0 aliphatic heterocycles. The number of alkyl halides is 6. The summed E-state index contributed by atoms with van der Waals surface area (Å²) < 4.78 is 74.2. The Hall–Kier alpha value is -2.18. The predicted molar refractivity (Wildman–Crippen MR) is 97.9 cm³/mol. The Morgan fingerprint density at radius 1 is 1.04 bits per heavy atom. The lowest BCUT2D eigenvalue weighted by Crippen LogP contribution is -2.10. The van der Waals surface area contributed by atoms with Crippen LogP contribution < -0.4 is 4.74 Å². The standard InChI is InChI=1S/C16H19F3O.C2H3F3.C2H4/c1-3-6-14(16(17,18)19)7-5-12-20-15-10-8-13(4-2)9-11-15;1-2(3,4)5;1-2/h3,6-11H,4-5,12H2,1-2H3;1H3;1-2H2/b6-3-,14-7+;;. The van der Waals surface area contributed by atoms with Gasteiger partial charge in [0.1, 0.15) is 5.75 Å². The Morgan fingerprint density at radius 3 is 1.89 bits per heavy atom. The zero-order valence-electron chi connectivity index (χ0n) is 15.8. The first kappa shape index (κ1) is 27.0. The molecule has 0 aliphatic rings. The Bertz CT molecular complexity index is 547. The molecule has 0 heterocycles. The maximum absolute atomic E-state index is 12.6. The van der Waals surface area contributed by atoms with Gasteiger partial charge in [0.15, 0.2) is 0 Å². The Balaban J connectivity index is 0. The fourth-order valence-electron chi connectivity index (χ4n) is 1.67. The van der Waals surface area contributed by atoms with Crippen LogP contribution >= 0.6 is 0 Å². The number of hydrogen-bond acceptors (Lipinski definition) is 1. The third-order valence-corrected chi connectivity index (χ3v) is 2.76. The number of hydrogen-bond donors (Lipinski definition) is 0. The molecule has 0 N–H and O–H groups in total. The molecule has 0 aliphatic carbocycles. The minimum atomic E-state index is -4.31. The first-order valence-electron chi connectivity index (χ1n) is 8.16. The second-order valence-electron chi connectivity index (χ2n) is 5.07. The van der Waals surface area contributed by atoms with Crippen LogP contribution in [0.2, 0.25) is 0 Å². The van der Waals surface area contributed by atoms with E-state index in [1.807, 2.05) is 24.3 Å². The summed E-state index contributed by atoms with van der Waals surface area (Å²) in [4.78, 5) is 0. The van der Waals surface area contributed by atoms with Gasteiger partial charge in [-0.25, -0.2) is 0 Å². The van der Waals surface area contributed by atoms with Crippen molar-refractivity contribution >= 4 is 0 Å². The Labute approximate surface area is 157 Å². The lowest BCUT2D eigenvalue weighted by Gasteiger charge is -2.08. The first-order valence-corrected chi connectivity index (χ1v) is 8.16. The van der Waals surface area contributed by atoms with Crippen molar-refractivity contribution < 1.29 is 31.1 Å². The van der Waals surface area contributed by atoms with E-state index in [1.54, 1.807) is 6.92 Å². The van der Waals surface area contributed by atoms with Gasteiger partial charge in [-0.3, -0.25) is 0 Å². The Kier molecular flexibility index (Phi) is 14.0. The van der Waals surface area contributed by atoms with Crippen LogP contribution in [0.3, 0.4) is 0 Å². The van der Waals surface area contributed by atoms with E-state index in [4.69, 9.17) is 4.74 Å². The second-order valence-corrected chi connectivity index (χ2v) is 5.07. The van der Waals surface area contributed by atoms with Gasteiger partial charge in [-0.15, -0.1) is 13.2 Å². The molecular weight excluding hydrogens is 370 g/mol. The molecule has 0 spiro atoms. The van der Waals surface area contributed by atoms with Gasteiger partial charge in [0.05, 0.1) is 12.2 Å². The summed E-state index contributed by atoms with van der Waals surface area (Å²) in [5, 5.41) is 0. The van der Waals surface area contributed by atoms with Crippen LogP contribution in [0.1, 0.15) is 32.8 Å². The summed E-state index contributed by atoms with van der Waals surface area (Å²) in [5.74, 6) is 0.676. The lowest BCUT2D eigenvalue weighted by molar-refractivity contribution is -0.110. The molecule has 27 heavy (non-hydrogen) atoms. The second kappa shape index (κ2) is 13.9. The number of ether oxygens (including phenoxy) is 1. The highest BCUT2D eigenvalue weighted by Gasteiger charge is 2.31. The lowest BCUT2D eigenvalue weighted by atomic mass is 10.2. The average Bonchev–Trinajstić information content (AvgIpc) is 2.57. The highest BCUT2D eigenvalue weighted by Crippen LogP contribution is 2.27. The van der Waals surface area contributed by atoms with E-state index in [-0.39, 0.29) is 20.0 Å². The van der Waals surface area contributed by atoms with Crippen molar-refractivity contribution in [2.24, 2.45) is 0 Å². The normalized spacial score (nSPS) is 12.0. The number of allylic oxidation sites excluding steroid dienone is 3. The zero-order valence-corrected chi connectivity index (χ0v) is 15.8. The number of halogens is 6. The van der Waals surface area contributed by atoms with E-state index in [1.165, 1.54) is 11.6 Å². The van der Waals surface area contributed by atoms with Gasteiger partial charge < -0.3 is 4.74 Å². The van der Waals surface area contributed by atoms with Gasteiger partial charge in [0, 0.05) is 13.3 Å². The topological polar surface area (TPSA) is 9.23 Å². The van der Waals surface area contributed by atoms with Gasteiger partial charge in [0.2, 0.25) is 0 Å². The molecule has 0 amide bonds. The van der Waals surface area contributed by atoms with E-state index < -0.39 is 17.9 Å². The molecule has 1 aromatic rings. The summed E-state index contributed by atoms with van der Waals surface area (Å²) in [6.07, 6.45) is -3.55. The van der Waals surface area contributed by atoms with Crippen LogP contribution in [0.15, 0.2) is 61.2 Å². The van der Waals surface area contributed by atoms with Crippen LogP contribution in [0.25, 0.3) is 0 Å². The molecule has 154 valence electrons. The van der Waals surface area contributed by atoms with E-state index in [0.29, 0.717) is 5.75 Å². The third kappa shape index (κ3) is 17.0. The molecular formula is C20H26F6O. The highest BCUT2D eigenvalue weighted by molar-refractivity contribution is 5.27. The Morgan fingerprint density at radius 2 is 1.52 bits per heavy atom. The zero-order chi connectivity index (χ0) is 21.5. The summed E-state index contributed by atoms with van der Waals surface area (Å²) in [7, 11) is 0. The maximum Gasteiger partial charge on any atom is 0.416 e. The minimum Gasteiger partial charge on any atom is -0.493 e. The molecule has 1 aromatic carbocycles. The fraction of sp³-hybridized carbons (Fsp3) is 0.400. The van der Waals surface area contributed by atoms with E-state index in [9.17, 15) is 26.3 Å². The molecule has 0 fully saturated rings. The van der Waals surface area contributed by atoms with Crippen molar-refractivity contribution in [1.82, 2.24) is 0 Å². The molecule has 1 nitrogen and oxygen atoms in total. The molecule has 0 saturated carbocycles. The summed E-state index contributed by atoms with van der Waals surface area (Å²) in [6, 6.07) is 7.57. The number of aryl methyl sites for hydroxylation is 1. The molecule has 0 bridgehead atoms. The molecule has 0 atom stereocenters. The third-order valence-electron chi connectivity index (χ3n) is 2.76. The van der Waals surface area contributed by atoms with Crippen LogP contribution in [0.5, 0.6) is 5.75 Å². The van der Waals surface area contributed by atoms with Crippen molar-refractivity contribution in [3.05, 3.63) is 66.8 Å². The van der Waals surface area contributed by atoms with Crippen molar-refractivity contribution in [3.63, 3.8) is 0 Å². The number of rotatable bonds is 6. The SMILES string of the molecule is C/C=C\C(=C/CCOc1ccc(CC)cc1)C(F)(F)F.C=C.CC(F)(F)F. The summed E-state index contributed by atoms with van der Waals surface area (Å²) in [5.41, 5.74) is 0.564. The van der Waals surface area contributed by atoms with Crippen LogP contribution in [-0.2, 0) is 6.42 Å². The molecule has 0 saturated heterocycles. The van der Waals surface area contributed by atoms with Crippen LogP contribution in [-0.4, -0.2) is 19.0 Å². The van der Waals surface area contributed by atoms with Gasteiger partial charge in [0.25, 0.3) is 0 Å². The monoisotopic (exact) mass is 396 g/mol. The van der Waals surface area contributed by atoms with Crippen molar-refractivity contribution in [2.45, 2.75) is 46.0 Å².